The van der Waals surface area contributed by atoms with Crippen molar-refractivity contribution in [3.63, 3.8) is 0 Å². The molecular weight excluding hydrogens is 274 g/mol. The largest absolute Gasteiger partial charge is 0.479 e. The van der Waals surface area contributed by atoms with E-state index in [2.05, 4.69) is 0 Å². The zero-order valence-electron chi connectivity index (χ0n) is 10.5. The molecule has 0 saturated heterocycles. The van der Waals surface area contributed by atoms with Crippen molar-refractivity contribution in [2.24, 2.45) is 0 Å². The van der Waals surface area contributed by atoms with E-state index in [1.807, 2.05) is 0 Å². The van der Waals surface area contributed by atoms with Crippen LogP contribution >= 0.6 is 0 Å². The lowest BCUT2D eigenvalue weighted by Crippen LogP contribution is -2.26. The molecule has 5 nitrogen and oxygen atoms in total. The Hall–Kier alpha value is -2.44. The van der Waals surface area contributed by atoms with E-state index in [4.69, 9.17) is 14.9 Å². The number of hydrogen-bond donors (Lipinski definition) is 2. The average molecular weight is 286 g/mol. The van der Waals surface area contributed by atoms with Crippen molar-refractivity contribution in [2.45, 2.75) is 19.4 Å². The quantitative estimate of drug-likeness (QED) is 0.784. The fourth-order valence-corrected chi connectivity index (χ4v) is 1.41. The van der Waals surface area contributed by atoms with Crippen LogP contribution in [0, 0.1) is 11.6 Å². The second-order valence-corrected chi connectivity index (χ2v) is 3.84. The Labute approximate surface area is 113 Å². The Kier molecular flexibility index (Phi) is 5.19. The molecule has 0 saturated carbocycles. The average Bonchev–Trinajstić information content (AvgIpc) is 2.35. The Morgan fingerprint density at radius 1 is 1.30 bits per heavy atom. The summed E-state index contributed by atoms with van der Waals surface area (Å²) in [5.74, 6) is -5.60. The van der Waals surface area contributed by atoms with Crippen LogP contribution < -0.4 is 4.74 Å². The van der Waals surface area contributed by atoms with E-state index in [1.165, 1.54) is 6.92 Å². The molecule has 0 aliphatic heterocycles. The summed E-state index contributed by atoms with van der Waals surface area (Å²) in [5.41, 5.74) is -0.0156. The number of carboxylic acid groups (broad SMARTS) is 2. The smallest absolute Gasteiger partial charge is 0.344 e. The third-order valence-electron chi connectivity index (χ3n) is 2.35. The lowest BCUT2D eigenvalue weighted by Gasteiger charge is -2.14. The molecule has 0 radical (unpaired) electrons. The fraction of sp³-hybridized carbons (Fsp3) is 0.231. The molecule has 0 aromatic heterocycles. The Morgan fingerprint density at radius 3 is 2.25 bits per heavy atom. The van der Waals surface area contributed by atoms with E-state index >= 15 is 0 Å². The zero-order chi connectivity index (χ0) is 15.3. The van der Waals surface area contributed by atoms with Crippen molar-refractivity contribution < 1.29 is 33.3 Å². The lowest BCUT2D eigenvalue weighted by atomic mass is 10.2. The summed E-state index contributed by atoms with van der Waals surface area (Å²) in [6.45, 7) is 1.50. The Morgan fingerprint density at radius 2 is 1.85 bits per heavy atom. The predicted molar refractivity (Wildman–Crippen MR) is 65.4 cm³/mol. The maximum Gasteiger partial charge on any atom is 0.344 e. The summed E-state index contributed by atoms with van der Waals surface area (Å²) in [7, 11) is 0. The minimum Gasteiger partial charge on any atom is -0.479 e. The topological polar surface area (TPSA) is 83.8 Å². The molecule has 0 amide bonds. The van der Waals surface area contributed by atoms with E-state index in [0.29, 0.717) is 0 Å². The fourth-order valence-electron chi connectivity index (χ4n) is 1.41. The van der Waals surface area contributed by atoms with Gasteiger partial charge in [-0.25, -0.2) is 18.4 Å². The summed E-state index contributed by atoms with van der Waals surface area (Å²) >= 11 is 0. The number of hydrogen-bond acceptors (Lipinski definition) is 3. The highest BCUT2D eigenvalue weighted by molar-refractivity contribution is 5.85. The molecule has 1 rings (SSSR count). The summed E-state index contributed by atoms with van der Waals surface area (Å²) in [6.07, 6.45) is 0.405. The predicted octanol–water partition coefficient (Wildman–Crippen LogP) is 2.30. The number of rotatable bonds is 6. The van der Waals surface area contributed by atoms with Crippen LogP contribution in [0.3, 0.4) is 0 Å². The number of carbonyl (C=O) groups is 2. The number of aliphatic carboxylic acids is 2. The van der Waals surface area contributed by atoms with Gasteiger partial charge in [0.1, 0.15) is 0 Å². The van der Waals surface area contributed by atoms with Crippen molar-refractivity contribution >= 4 is 18.0 Å². The molecule has 7 heteroatoms. The van der Waals surface area contributed by atoms with Gasteiger partial charge < -0.3 is 14.9 Å². The third kappa shape index (κ3) is 4.04. The first-order valence-electron chi connectivity index (χ1n) is 5.64. The monoisotopic (exact) mass is 286 g/mol. The van der Waals surface area contributed by atoms with Crippen LogP contribution in [0.15, 0.2) is 18.2 Å². The van der Waals surface area contributed by atoms with Gasteiger partial charge in [-0.05, 0) is 30.2 Å². The van der Waals surface area contributed by atoms with E-state index in [9.17, 15) is 18.4 Å². The second kappa shape index (κ2) is 6.65. The molecule has 108 valence electrons. The molecule has 1 unspecified atom stereocenters. The van der Waals surface area contributed by atoms with Gasteiger partial charge in [-0.2, -0.15) is 0 Å². The number of carboxylic acids is 2. The molecule has 0 heterocycles. The van der Waals surface area contributed by atoms with Gasteiger partial charge in [-0.3, -0.25) is 0 Å². The van der Waals surface area contributed by atoms with Gasteiger partial charge in [0.25, 0.3) is 0 Å². The first kappa shape index (κ1) is 15.6. The van der Waals surface area contributed by atoms with Crippen LogP contribution in [0.1, 0.15) is 18.9 Å². The summed E-state index contributed by atoms with van der Waals surface area (Å²) in [5, 5.41) is 17.2. The molecule has 2 N–H and O–H groups in total. The first-order valence-corrected chi connectivity index (χ1v) is 5.64. The van der Waals surface area contributed by atoms with Crippen LogP contribution in [-0.4, -0.2) is 28.3 Å². The van der Waals surface area contributed by atoms with E-state index in [0.717, 1.165) is 24.3 Å². The van der Waals surface area contributed by atoms with Crippen LogP contribution in [0.25, 0.3) is 6.08 Å². The summed E-state index contributed by atoms with van der Waals surface area (Å²) < 4.78 is 32.1. The number of benzene rings is 1. The lowest BCUT2D eigenvalue weighted by molar-refractivity contribution is -0.145. The Balaban J connectivity index is 3.06. The number of halogens is 2. The van der Waals surface area contributed by atoms with Crippen LogP contribution in [0.2, 0.25) is 0 Å². The van der Waals surface area contributed by atoms with Crippen molar-refractivity contribution in [1.29, 1.82) is 0 Å². The van der Waals surface area contributed by atoms with Gasteiger partial charge in [0.15, 0.2) is 23.5 Å². The molecule has 1 aromatic rings. The van der Waals surface area contributed by atoms with Crippen LogP contribution in [-0.2, 0) is 9.59 Å². The molecule has 1 atom stereocenters. The first-order chi connectivity index (χ1) is 9.35. The van der Waals surface area contributed by atoms with Crippen LogP contribution in [0.4, 0.5) is 8.78 Å². The zero-order valence-corrected chi connectivity index (χ0v) is 10.5. The maximum atomic E-state index is 13.7. The van der Waals surface area contributed by atoms with Gasteiger partial charge in [0, 0.05) is 6.08 Å². The van der Waals surface area contributed by atoms with Crippen LogP contribution in [0.5, 0.6) is 5.75 Å². The highest BCUT2D eigenvalue weighted by atomic mass is 19.1. The standard InChI is InChI=1S/C13H12F2O5/c1-2-10(13(18)19)20-12-8(14)5-7(6-9(12)15)3-4-11(16)17/h3-6,10H,2H2,1H3,(H,16,17)(H,18,19). The second-order valence-electron chi connectivity index (χ2n) is 3.84. The molecular formula is C13H12F2O5. The molecule has 0 aliphatic rings. The molecule has 0 spiro atoms. The molecule has 20 heavy (non-hydrogen) atoms. The SMILES string of the molecule is CCC(Oc1c(F)cc(C=CC(=O)O)cc1F)C(=O)O. The Bertz CT molecular complexity index is 531. The normalized spacial score (nSPS) is 12.3. The third-order valence-corrected chi connectivity index (χ3v) is 2.35. The minimum atomic E-state index is -1.36. The van der Waals surface area contributed by atoms with Gasteiger partial charge in [0.05, 0.1) is 0 Å². The van der Waals surface area contributed by atoms with Crippen molar-refractivity contribution in [3.05, 3.63) is 35.4 Å². The molecule has 0 fully saturated rings. The van der Waals surface area contributed by atoms with Crippen molar-refractivity contribution in [1.82, 2.24) is 0 Å². The molecule has 0 aliphatic carbocycles. The van der Waals surface area contributed by atoms with Crippen molar-refractivity contribution in [3.8, 4) is 5.75 Å². The highest BCUT2D eigenvalue weighted by Crippen LogP contribution is 2.25. The summed E-state index contributed by atoms with van der Waals surface area (Å²) in [4.78, 5) is 21.1. The maximum absolute atomic E-state index is 13.7. The number of ether oxygens (including phenoxy) is 1. The van der Waals surface area contributed by atoms with Gasteiger partial charge >= 0.3 is 11.9 Å². The highest BCUT2D eigenvalue weighted by Gasteiger charge is 2.21. The van der Waals surface area contributed by atoms with Gasteiger partial charge in [0.2, 0.25) is 0 Å². The van der Waals surface area contributed by atoms with Gasteiger partial charge in [-0.15, -0.1) is 0 Å². The summed E-state index contributed by atoms with van der Waals surface area (Å²) in [6, 6.07) is 1.71. The minimum absolute atomic E-state index is 0.0156. The van der Waals surface area contributed by atoms with E-state index < -0.39 is 35.4 Å². The van der Waals surface area contributed by atoms with E-state index in [-0.39, 0.29) is 12.0 Å². The van der Waals surface area contributed by atoms with Gasteiger partial charge in [-0.1, -0.05) is 6.92 Å². The molecule has 0 bridgehead atoms. The van der Waals surface area contributed by atoms with E-state index in [1.54, 1.807) is 0 Å². The molecule has 1 aromatic carbocycles. The van der Waals surface area contributed by atoms with Crippen molar-refractivity contribution in [2.75, 3.05) is 0 Å².